The maximum absolute atomic E-state index is 12.9. The standard InChI is InChI=1S/C78H128O32/c1-56-42-62(10-13-99-56)74(82)105-39-30-86-17-16-85-18-24-92-48-77(50-96-28-22-90-34-40-106-75(83)63-11-14-100-57(2)43-63,49-93-25-19-87-31-36-102-71(79)59-4-7-65-68(45-59)108-65)54-98-55-78(53-97-29-23-91-35-41-107-76(84)64-12-15-101-58(3)44-64,51-94-26-20-88-32-37-103-72(80)60-5-8-66-69(46-60)109-66)52-95-27-21-89-33-38-104-73(81)61-6-9-67-70(47-61)110-67/h56-70H,4-55H2,1-3H3. The van der Waals surface area contributed by atoms with Crippen LogP contribution in [0.1, 0.15) is 117 Å². The summed E-state index contributed by atoms with van der Waals surface area (Å²) in [5.41, 5.74) is -2.03. The lowest BCUT2D eigenvalue weighted by Crippen LogP contribution is -2.46. The molecule has 0 radical (unpaired) electrons. The van der Waals surface area contributed by atoms with Gasteiger partial charge in [-0.2, -0.15) is 0 Å². The molecule has 9 aliphatic rings. The molecular weight excluding hydrogens is 1450 g/mol. The van der Waals surface area contributed by atoms with Gasteiger partial charge in [-0.1, -0.05) is 0 Å². The molecule has 0 aromatic heterocycles. The molecule has 0 aromatic rings. The van der Waals surface area contributed by atoms with Crippen molar-refractivity contribution in [2.24, 2.45) is 46.3 Å². The number of hydrogen-bond donors (Lipinski definition) is 0. The highest BCUT2D eigenvalue weighted by molar-refractivity contribution is 5.75. The molecule has 6 heterocycles. The van der Waals surface area contributed by atoms with E-state index >= 15 is 0 Å². The van der Waals surface area contributed by atoms with Crippen LogP contribution in [0.5, 0.6) is 0 Å². The molecule has 0 N–H and O–H groups in total. The van der Waals surface area contributed by atoms with Gasteiger partial charge in [0.2, 0.25) is 0 Å². The Hall–Kier alpha value is -3.98. The number of hydrogen-bond acceptors (Lipinski definition) is 32. The number of rotatable bonds is 61. The lowest BCUT2D eigenvalue weighted by Gasteiger charge is -2.37. The Kier molecular flexibility index (Phi) is 41.8. The Morgan fingerprint density at radius 2 is 0.418 bits per heavy atom. The summed E-state index contributed by atoms with van der Waals surface area (Å²) in [4.78, 5) is 77.0. The van der Waals surface area contributed by atoms with Crippen LogP contribution in [-0.2, 0) is 152 Å². The number of ether oxygens (including phenoxy) is 26. The quantitative estimate of drug-likeness (QED) is 0.0347. The van der Waals surface area contributed by atoms with Crippen LogP contribution >= 0.6 is 0 Å². The fourth-order valence-corrected chi connectivity index (χ4v) is 14.7. The van der Waals surface area contributed by atoms with Crippen LogP contribution in [0, 0.1) is 46.3 Å². The van der Waals surface area contributed by atoms with E-state index in [2.05, 4.69) is 0 Å². The predicted octanol–water partition coefficient (Wildman–Crippen LogP) is 4.60. The zero-order valence-electron chi connectivity index (χ0n) is 65.5. The predicted molar refractivity (Wildman–Crippen MR) is 385 cm³/mol. The van der Waals surface area contributed by atoms with Crippen LogP contribution in [0.25, 0.3) is 0 Å². The van der Waals surface area contributed by atoms with Crippen LogP contribution in [0.4, 0.5) is 0 Å². The molecule has 0 aromatic carbocycles. The van der Waals surface area contributed by atoms with Gasteiger partial charge in [0.25, 0.3) is 0 Å². The summed E-state index contributed by atoms with van der Waals surface area (Å²) in [5.74, 6) is -2.70. The van der Waals surface area contributed by atoms with Crippen molar-refractivity contribution in [1.29, 1.82) is 0 Å². The molecule has 0 spiro atoms. The van der Waals surface area contributed by atoms with E-state index in [-0.39, 0.29) is 351 Å². The van der Waals surface area contributed by atoms with Crippen molar-refractivity contribution in [3.8, 4) is 0 Å². The van der Waals surface area contributed by atoms with E-state index in [0.717, 1.165) is 38.5 Å². The molecule has 16 unspecified atom stereocenters. The first kappa shape index (κ1) is 89.9. The van der Waals surface area contributed by atoms with Crippen LogP contribution in [-0.4, -0.2) is 335 Å². The second-order valence-electron chi connectivity index (χ2n) is 30.5. The summed E-state index contributed by atoms with van der Waals surface area (Å²) in [5, 5.41) is 0. The van der Waals surface area contributed by atoms with E-state index in [4.69, 9.17) is 123 Å². The summed E-state index contributed by atoms with van der Waals surface area (Å²) in [6, 6.07) is 0. The van der Waals surface area contributed by atoms with E-state index in [1.54, 1.807) is 0 Å². The van der Waals surface area contributed by atoms with Gasteiger partial charge in [-0.15, -0.1) is 0 Å². The number of esters is 6. The summed E-state index contributed by atoms with van der Waals surface area (Å²) < 4.78 is 154. The summed E-state index contributed by atoms with van der Waals surface area (Å²) >= 11 is 0. The molecule has 632 valence electrons. The number of fused-ring (bicyclic) bond motifs is 3. The van der Waals surface area contributed by atoms with E-state index < -0.39 is 10.8 Å². The fraction of sp³-hybridized carbons (Fsp3) is 0.923. The SMILES string of the molecule is CC1CC(C(=O)OCCOCCOCCOCC(COCCOCCOC(=O)C2CCOC(C)C2)(COCCOCCOC(=O)C2CCC3OC3C2)COCC(COCCOCCOC(=O)C2CCOC(C)C2)(COCCOCCOC(=O)C2CCC3OC3C2)COCCOCCOC(=O)C2CCC3OC3C2)CCO1. The molecule has 32 nitrogen and oxygen atoms in total. The maximum Gasteiger partial charge on any atom is 0.309 e. The minimum absolute atomic E-state index is 0.00362. The van der Waals surface area contributed by atoms with Crippen LogP contribution in [0.3, 0.4) is 0 Å². The molecule has 3 saturated carbocycles. The normalized spacial score (nSPS) is 28.6. The Bertz CT molecular complexity index is 2470. The van der Waals surface area contributed by atoms with Crippen molar-refractivity contribution in [2.45, 2.75) is 172 Å². The second kappa shape index (κ2) is 51.2. The minimum Gasteiger partial charge on any atom is -0.463 e. The Morgan fingerprint density at radius 1 is 0.227 bits per heavy atom. The van der Waals surface area contributed by atoms with E-state index in [1.807, 2.05) is 20.8 Å². The van der Waals surface area contributed by atoms with Gasteiger partial charge in [-0.05, 0) is 117 Å². The monoisotopic (exact) mass is 1580 g/mol. The lowest BCUT2D eigenvalue weighted by molar-refractivity contribution is -0.156. The molecule has 0 amide bonds. The summed E-state index contributed by atoms with van der Waals surface area (Å²) in [6.07, 6.45) is 11.7. The van der Waals surface area contributed by atoms with Crippen LogP contribution < -0.4 is 0 Å². The molecule has 32 heteroatoms. The smallest absolute Gasteiger partial charge is 0.309 e. The highest BCUT2D eigenvalue weighted by Gasteiger charge is 2.49. The Morgan fingerprint density at radius 3 is 0.627 bits per heavy atom. The van der Waals surface area contributed by atoms with Crippen molar-refractivity contribution in [1.82, 2.24) is 0 Å². The van der Waals surface area contributed by atoms with E-state index in [1.165, 1.54) is 0 Å². The molecule has 3 aliphatic carbocycles. The molecular formula is C78H128O32. The maximum atomic E-state index is 12.9. The molecule has 9 fully saturated rings. The van der Waals surface area contributed by atoms with Gasteiger partial charge in [0, 0.05) is 19.8 Å². The largest absolute Gasteiger partial charge is 0.463 e. The minimum atomic E-state index is -1.02. The van der Waals surface area contributed by atoms with Crippen LogP contribution in [0.2, 0.25) is 0 Å². The first-order valence-corrected chi connectivity index (χ1v) is 40.6. The van der Waals surface area contributed by atoms with E-state index in [0.29, 0.717) is 77.6 Å². The highest BCUT2D eigenvalue weighted by Crippen LogP contribution is 2.42. The Labute approximate surface area is 648 Å². The third kappa shape index (κ3) is 34.8. The zero-order chi connectivity index (χ0) is 77.3. The van der Waals surface area contributed by atoms with Gasteiger partial charge in [-0.25, -0.2) is 0 Å². The van der Waals surface area contributed by atoms with Gasteiger partial charge < -0.3 is 123 Å². The molecule has 6 aliphatic heterocycles. The van der Waals surface area contributed by atoms with Crippen molar-refractivity contribution < 1.29 is 152 Å². The van der Waals surface area contributed by atoms with Crippen molar-refractivity contribution in [3.63, 3.8) is 0 Å². The van der Waals surface area contributed by atoms with Crippen LogP contribution in [0.15, 0.2) is 0 Å². The topological polar surface area (TPSA) is 352 Å². The zero-order valence-corrected chi connectivity index (χ0v) is 65.5. The third-order valence-corrected chi connectivity index (χ3v) is 21.2. The first-order valence-electron chi connectivity index (χ1n) is 40.6. The van der Waals surface area contributed by atoms with Crippen molar-refractivity contribution >= 4 is 35.8 Å². The molecule has 6 saturated heterocycles. The number of carbonyl (C=O) groups is 6. The third-order valence-electron chi connectivity index (χ3n) is 21.2. The van der Waals surface area contributed by atoms with Gasteiger partial charge in [0.1, 0.15) is 39.6 Å². The van der Waals surface area contributed by atoms with Crippen molar-refractivity contribution in [3.05, 3.63) is 0 Å². The average Bonchev–Trinajstić information content (AvgIpc) is 1.67. The number of carbonyl (C=O) groups excluding carboxylic acids is 6. The summed E-state index contributed by atoms with van der Waals surface area (Å²) in [7, 11) is 0. The molecule has 9 rings (SSSR count). The summed E-state index contributed by atoms with van der Waals surface area (Å²) in [6.45, 7) is 11.7. The second-order valence-corrected chi connectivity index (χ2v) is 30.5. The first-order chi connectivity index (χ1) is 53.7. The molecule has 0 bridgehead atoms. The van der Waals surface area contributed by atoms with Gasteiger partial charge in [0.05, 0.1) is 286 Å². The van der Waals surface area contributed by atoms with Gasteiger partial charge in [-0.3, -0.25) is 28.8 Å². The lowest BCUT2D eigenvalue weighted by atomic mass is 9.89. The fourth-order valence-electron chi connectivity index (χ4n) is 14.7. The Balaban J connectivity index is 0.829. The average molecular weight is 1580 g/mol. The van der Waals surface area contributed by atoms with Gasteiger partial charge in [0.15, 0.2) is 0 Å². The molecule has 16 atom stereocenters. The van der Waals surface area contributed by atoms with Gasteiger partial charge >= 0.3 is 35.8 Å². The van der Waals surface area contributed by atoms with Crippen molar-refractivity contribution in [2.75, 3.05) is 244 Å². The highest BCUT2D eigenvalue weighted by atomic mass is 16.6. The van der Waals surface area contributed by atoms with E-state index in [9.17, 15) is 28.8 Å². The number of epoxide rings is 3. The molecule has 110 heavy (non-hydrogen) atoms.